The Kier molecular flexibility index (Phi) is 3.24. The first-order valence-corrected chi connectivity index (χ1v) is 6.60. The molecular weight excluding hydrogens is 224 g/mol. The van der Waals surface area contributed by atoms with Crippen LogP contribution in [0.3, 0.4) is 0 Å². The van der Waals surface area contributed by atoms with Crippen LogP contribution in [0, 0.1) is 12.8 Å². The predicted molar refractivity (Wildman–Crippen MR) is 73.3 cm³/mol. The second-order valence-electron chi connectivity index (χ2n) is 6.53. The van der Waals surface area contributed by atoms with E-state index in [9.17, 15) is 0 Å². The van der Waals surface area contributed by atoms with Crippen molar-refractivity contribution in [2.24, 2.45) is 11.7 Å². The third-order valence-electron chi connectivity index (χ3n) is 3.88. The van der Waals surface area contributed by atoms with E-state index in [0.29, 0.717) is 5.92 Å². The average molecular weight is 248 g/mol. The zero-order chi connectivity index (χ0) is 13.6. The van der Waals surface area contributed by atoms with Gasteiger partial charge in [0.05, 0.1) is 11.2 Å². The normalized spacial score (nSPS) is 27.1. The number of aryl methyl sites for hydroxylation is 1. The minimum atomic E-state index is -0.180. The summed E-state index contributed by atoms with van der Waals surface area (Å²) >= 11 is 0. The molecule has 2 atom stereocenters. The number of hydrogen-bond acceptors (Lipinski definition) is 3. The van der Waals surface area contributed by atoms with Gasteiger partial charge in [-0.1, -0.05) is 0 Å². The Labute approximate surface area is 110 Å². The summed E-state index contributed by atoms with van der Waals surface area (Å²) in [4.78, 5) is 4.23. The maximum absolute atomic E-state index is 6.46. The van der Waals surface area contributed by atoms with E-state index in [4.69, 9.17) is 10.5 Å². The van der Waals surface area contributed by atoms with Crippen LogP contribution in [0.2, 0.25) is 0 Å². The standard InChI is InChI=1S/C15H24N2O/c1-10-8-11(6-7-17-10)13(16)12-9-14(2,3)18-15(12,4)5/h6-8,12-13H,9,16H2,1-5H3. The second kappa shape index (κ2) is 4.32. The van der Waals surface area contributed by atoms with Crippen molar-refractivity contribution in [1.29, 1.82) is 0 Å². The van der Waals surface area contributed by atoms with E-state index in [1.165, 1.54) is 0 Å². The van der Waals surface area contributed by atoms with Crippen molar-refractivity contribution in [3.63, 3.8) is 0 Å². The molecule has 0 aliphatic carbocycles. The van der Waals surface area contributed by atoms with Crippen molar-refractivity contribution in [2.45, 2.75) is 58.3 Å². The van der Waals surface area contributed by atoms with Crippen molar-refractivity contribution >= 4 is 0 Å². The third-order valence-corrected chi connectivity index (χ3v) is 3.88. The fourth-order valence-corrected chi connectivity index (χ4v) is 3.17. The topological polar surface area (TPSA) is 48.1 Å². The summed E-state index contributed by atoms with van der Waals surface area (Å²) in [5.41, 5.74) is 8.36. The van der Waals surface area contributed by atoms with E-state index >= 15 is 0 Å². The highest BCUT2D eigenvalue weighted by atomic mass is 16.5. The van der Waals surface area contributed by atoms with E-state index in [-0.39, 0.29) is 17.2 Å². The van der Waals surface area contributed by atoms with Crippen molar-refractivity contribution < 1.29 is 4.74 Å². The van der Waals surface area contributed by atoms with Gasteiger partial charge in [-0.15, -0.1) is 0 Å². The number of pyridine rings is 1. The molecule has 0 spiro atoms. The number of ether oxygens (including phenoxy) is 1. The number of aromatic nitrogens is 1. The first-order chi connectivity index (χ1) is 8.21. The summed E-state index contributed by atoms with van der Waals surface area (Å²) in [5.74, 6) is 0.328. The highest BCUT2D eigenvalue weighted by molar-refractivity contribution is 5.21. The van der Waals surface area contributed by atoms with Gasteiger partial charge in [-0.25, -0.2) is 0 Å². The van der Waals surface area contributed by atoms with E-state index in [1.54, 1.807) is 0 Å². The molecule has 1 aliphatic rings. The molecule has 18 heavy (non-hydrogen) atoms. The molecule has 1 saturated heterocycles. The first-order valence-electron chi connectivity index (χ1n) is 6.60. The summed E-state index contributed by atoms with van der Waals surface area (Å²) in [6.45, 7) is 10.6. The van der Waals surface area contributed by atoms with Crippen LogP contribution in [0.25, 0.3) is 0 Å². The summed E-state index contributed by atoms with van der Waals surface area (Å²) in [5, 5.41) is 0. The molecule has 1 fully saturated rings. The summed E-state index contributed by atoms with van der Waals surface area (Å²) < 4.78 is 6.13. The molecule has 0 radical (unpaired) electrons. The molecule has 0 aromatic carbocycles. The van der Waals surface area contributed by atoms with Crippen LogP contribution < -0.4 is 5.73 Å². The predicted octanol–water partition coefficient (Wildman–Crippen LogP) is 2.98. The van der Waals surface area contributed by atoms with Gasteiger partial charge in [-0.05, 0) is 58.7 Å². The zero-order valence-corrected chi connectivity index (χ0v) is 12.0. The Morgan fingerprint density at radius 3 is 2.56 bits per heavy atom. The monoisotopic (exact) mass is 248 g/mol. The van der Waals surface area contributed by atoms with Gasteiger partial charge in [-0.2, -0.15) is 0 Å². The molecule has 1 aromatic rings. The molecule has 3 nitrogen and oxygen atoms in total. The number of nitrogens with zero attached hydrogens (tertiary/aromatic N) is 1. The van der Waals surface area contributed by atoms with Crippen LogP contribution in [-0.2, 0) is 4.74 Å². The average Bonchev–Trinajstić information content (AvgIpc) is 2.45. The van der Waals surface area contributed by atoms with Crippen LogP contribution >= 0.6 is 0 Å². The largest absolute Gasteiger partial charge is 0.369 e. The molecule has 2 N–H and O–H groups in total. The van der Waals surface area contributed by atoms with Gasteiger partial charge in [0.15, 0.2) is 0 Å². The van der Waals surface area contributed by atoms with Gasteiger partial charge in [0.25, 0.3) is 0 Å². The molecule has 1 aliphatic heterocycles. The first kappa shape index (κ1) is 13.5. The molecule has 0 saturated carbocycles. The van der Waals surface area contributed by atoms with Crippen LogP contribution in [-0.4, -0.2) is 16.2 Å². The Hall–Kier alpha value is -0.930. The number of rotatable bonds is 2. The summed E-state index contributed by atoms with van der Waals surface area (Å²) in [7, 11) is 0. The Balaban J connectivity index is 2.26. The molecular formula is C15H24N2O. The lowest BCUT2D eigenvalue weighted by molar-refractivity contribution is -0.0767. The molecule has 0 bridgehead atoms. The van der Waals surface area contributed by atoms with Crippen LogP contribution in [0.4, 0.5) is 0 Å². The van der Waals surface area contributed by atoms with Crippen LogP contribution in [0.1, 0.15) is 51.4 Å². The minimum absolute atomic E-state index is 0.00322. The van der Waals surface area contributed by atoms with E-state index < -0.39 is 0 Å². The van der Waals surface area contributed by atoms with E-state index in [0.717, 1.165) is 17.7 Å². The van der Waals surface area contributed by atoms with Gasteiger partial charge in [0.2, 0.25) is 0 Å². The molecule has 3 heteroatoms. The van der Waals surface area contributed by atoms with Gasteiger partial charge < -0.3 is 10.5 Å². The fourth-order valence-electron chi connectivity index (χ4n) is 3.17. The van der Waals surface area contributed by atoms with Gasteiger partial charge >= 0.3 is 0 Å². The lowest BCUT2D eigenvalue weighted by Crippen LogP contribution is -2.35. The van der Waals surface area contributed by atoms with Gasteiger partial charge in [-0.3, -0.25) is 4.98 Å². The molecule has 2 rings (SSSR count). The molecule has 2 heterocycles. The van der Waals surface area contributed by atoms with Crippen molar-refractivity contribution in [2.75, 3.05) is 0 Å². The second-order valence-corrected chi connectivity index (χ2v) is 6.53. The summed E-state index contributed by atoms with van der Waals surface area (Å²) in [6.07, 6.45) is 2.82. The fraction of sp³-hybridized carbons (Fsp3) is 0.667. The van der Waals surface area contributed by atoms with Crippen molar-refractivity contribution in [3.8, 4) is 0 Å². The smallest absolute Gasteiger partial charge is 0.0680 e. The van der Waals surface area contributed by atoms with Crippen molar-refractivity contribution in [1.82, 2.24) is 4.98 Å². The van der Waals surface area contributed by atoms with Gasteiger partial charge in [0, 0.05) is 23.9 Å². The zero-order valence-electron chi connectivity index (χ0n) is 12.0. The lowest BCUT2D eigenvalue weighted by Gasteiger charge is -2.31. The number of nitrogens with two attached hydrogens (primary N) is 1. The highest BCUT2D eigenvalue weighted by Crippen LogP contribution is 2.46. The number of hydrogen-bond donors (Lipinski definition) is 1. The Morgan fingerprint density at radius 2 is 2.06 bits per heavy atom. The molecule has 0 amide bonds. The van der Waals surface area contributed by atoms with E-state index in [2.05, 4.69) is 38.7 Å². The Morgan fingerprint density at radius 1 is 1.39 bits per heavy atom. The lowest BCUT2D eigenvalue weighted by atomic mass is 9.79. The Bertz CT molecular complexity index is 440. The molecule has 100 valence electrons. The quantitative estimate of drug-likeness (QED) is 0.875. The SMILES string of the molecule is Cc1cc(C(N)C2CC(C)(C)OC2(C)C)ccn1. The minimum Gasteiger partial charge on any atom is -0.369 e. The van der Waals surface area contributed by atoms with Crippen LogP contribution in [0.15, 0.2) is 18.3 Å². The highest BCUT2D eigenvalue weighted by Gasteiger charge is 2.48. The van der Waals surface area contributed by atoms with E-state index in [1.807, 2.05) is 19.2 Å². The third kappa shape index (κ3) is 2.57. The maximum Gasteiger partial charge on any atom is 0.0680 e. The van der Waals surface area contributed by atoms with Crippen molar-refractivity contribution in [3.05, 3.63) is 29.6 Å². The van der Waals surface area contributed by atoms with Crippen LogP contribution in [0.5, 0.6) is 0 Å². The molecule has 1 aromatic heterocycles. The maximum atomic E-state index is 6.46. The molecule has 2 unspecified atom stereocenters. The summed E-state index contributed by atoms with van der Waals surface area (Å²) in [6, 6.07) is 4.09. The van der Waals surface area contributed by atoms with Gasteiger partial charge in [0.1, 0.15) is 0 Å².